The average molecular weight is 378 g/mol. The number of nitrogens with one attached hydrogen (secondary N) is 1. The summed E-state index contributed by atoms with van der Waals surface area (Å²) in [7, 11) is 3.10. The third-order valence-corrected chi connectivity index (χ3v) is 4.78. The standard InChI is InChI=1S/C17H19FN4O3S/c1-21(2)17(24)25-13-6-5-12(18)9-11(13)10-14-15(23)20-16(26-14)22-8-4-3-7-19-22/h5-6,9-10,19H,3-4,7-8H2,1-2H3. The molecule has 3 rings (SSSR count). The molecular formula is C17H19FN4O3S. The summed E-state index contributed by atoms with van der Waals surface area (Å²) in [5, 5.41) is 2.43. The largest absolute Gasteiger partial charge is 0.414 e. The number of amidine groups is 1. The van der Waals surface area contributed by atoms with Crippen molar-refractivity contribution in [1.29, 1.82) is 0 Å². The number of hydrogen-bond donors (Lipinski definition) is 1. The van der Waals surface area contributed by atoms with E-state index in [1.807, 2.05) is 5.01 Å². The lowest BCUT2D eigenvalue weighted by Gasteiger charge is -2.28. The van der Waals surface area contributed by atoms with Crippen molar-refractivity contribution in [2.24, 2.45) is 4.99 Å². The van der Waals surface area contributed by atoms with Gasteiger partial charge in [0.1, 0.15) is 11.6 Å². The molecule has 26 heavy (non-hydrogen) atoms. The molecule has 7 nitrogen and oxygen atoms in total. The number of benzene rings is 1. The van der Waals surface area contributed by atoms with Crippen molar-refractivity contribution < 1.29 is 18.7 Å². The van der Waals surface area contributed by atoms with Crippen LogP contribution in [-0.2, 0) is 4.79 Å². The molecule has 138 valence electrons. The Balaban J connectivity index is 1.82. The maximum absolute atomic E-state index is 13.7. The topological polar surface area (TPSA) is 74.2 Å². The molecule has 1 aromatic rings. The van der Waals surface area contributed by atoms with Crippen molar-refractivity contribution >= 4 is 35.0 Å². The van der Waals surface area contributed by atoms with Crippen molar-refractivity contribution in [3.8, 4) is 5.75 Å². The van der Waals surface area contributed by atoms with Gasteiger partial charge in [-0.15, -0.1) is 0 Å². The highest BCUT2D eigenvalue weighted by molar-refractivity contribution is 8.18. The molecule has 2 aliphatic heterocycles. The van der Waals surface area contributed by atoms with Crippen LogP contribution in [0.2, 0.25) is 0 Å². The number of carbonyl (C=O) groups is 2. The molecule has 9 heteroatoms. The molecule has 2 amide bonds. The Hall–Kier alpha value is -2.39. The van der Waals surface area contributed by atoms with E-state index in [4.69, 9.17) is 4.74 Å². The monoisotopic (exact) mass is 378 g/mol. The number of halogens is 1. The van der Waals surface area contributed by atoms with Crippen LogP contribution >= 0.6 is 11.8 Å². The fourth-order valence-electron chi connectivity index (χ4n) is 2.42. The number of hydrogen-bond acceptors (Lipinski definition) is 6. The summed E-state index contributed by atoms with van der Waals surface area (Å²) in [4.78, 5) is 29.7. The van der Waals surface area contributed by atoms with Crippen molar-refractivity contribution in [2.45, 2.75) is 12.8 Å². The Morgan fingerprint density at radius 3 is 2.92 bits per heavy atom. The molecule has 1 fully saturated rings. The van der Waals surface area contributed by atoms with E-state index < -0.39 is 17.8 Å². The molecule has 2 aliphatic rings. The summed E-state index contributed by atoms with van der Waals surface area (Å²) in [5.74, 6) is -0.710. The number of rotatable bonds is 2. The van der Waals surface area contributed by atoms with Gasteiger partial charge < -0.3 is 9.64 Å². The van der Waals surface area contributed by atoms with Gasteiger partial charge in [0.05, 0.1) is 4.91 Å². The molecule has 0 radical (unpaired) electrons. The Labute approximate surface area is 154 Å². The molecule has 0 unspecified atom stereocenters. The van der Waals surface area contributed by atoms with Crippen LogP contribution in [0.4, 0.5) is 9.18 Å². The van der Waals surface area contributed by atoms with Crippen molar-refractivity contribution in [3.63, 3.8) is 0 Å². The first kappa shape index (κ1) is 18.4. The minimum atomic E-state index is -0.587. The fraction of sp³-hybridized carbons (Fsp3) is 0.353. The van der Waals surface area contributed by atoms with Crippen LogP contribution in [0.3, 0.4) is 0 Å². The first-order valence-corrected chi connectivity index (χ1v) is 8.98. The van der Waals surface area contributed by atoms with Gasteiger partial charge in [-0.1, -0.05) is 0 Å². The highest BCUT2D eigenvalue weighted by Crippen LogP contribution is 2.32. The van der Waals surface area contributed by atoms with E-state index in [9.17, 15) is 14.0 Å². The minimum Gasteiger partial charge on any atom is -0.410 e. The maximum atomic E-state index is 13.7. The van der Waals surface area contributed by atoms with Gasteiger partial charge in [-0.3, -0.25) is 9.80 Å². The van der Waals surface area contributed by atoms with E-state index in [0.717, 1.165) is 25.9 Å². The molecule has 0 spiro atoms. The van der Waals surface area contributed by atoms with Crippen LogP contribution in [0.25, 0.3) is 6.08 Å². The number of amides is 2. The lowest BCUT2D eigenvalue weighted by Crippen LogP contribution is -2.45. The van der Waals surface area contributed by atoms with Crippen molar-refractivity contribution in [1.82, 2.24) is 15.3 Å². The fourth-order valence-corrected chi connectivity index (χ4v) is 3.33. The number of hydrazine groups is 1. The minimum absolute atomic E-state index is 0.176. The van der Waals surface area contributed by atoms with Crippen LogP contribution < -0.4 is 10.2 Å². The summed E-state index contributed by atoms with van der Waals surface area (Å²) < 4.78 is 18.9. The Kier molecular flexibility index (Phi) is 5.58. The van der Waals surface area contributed by atoms with Gasteiger partial charge in [-0.05, 0) is 48.9 Å². The molecule has 1 N–H and O–H groups in total. The van der Waals surface area contributed by atoms with Gasteiger partial charge in [0.2, 0.25) is 0 Å². The van der Waals surface area contributed by atoms with Gasteiger partial charge in [0.15, 0.2) is 5.17 Å². The van der Waals surface area contributed by atoms with Crippen LogP contribution in [0.1, 0.15) is 18.4 Å². The van der Waals surface area contributed by atoms with Crippen LogP contribution in [0.5, 0.6) is 5.75 Å². The molecule has 1 saturated heterocycles. The first-order valence-electron chi connectivity index (χ1n) is 8.16. The normalized spacial score (nSPS) is 18.9. The highest BCUT2D eigenvalue weighted by Gasteiger charge is 2.27. The Morgan fingerprint density at radius 2 is 2.23 bits per heavy atom. The summed E-state index contributed by atoms with van der Waals surface area (Å²) in [6.07, 6.45) is 3.01. The maximum Gasteiger partial charge on any atom is 0.414 e. The predicted octanol–water partition coefficient (Wildman–Crippen LogP) is 2.46. The first-order chi connectivity index (χ1) is 12.4. The second kappa shape index (κ2) is 7.88. The quantitative estimate of drug-likeness (QED) is 0.797. The molecule has 0 saturated carbocycles. The van der Waals surface area contributed by atoms with E-state index >= 15 is 0 Å². The smallest absolute Gasteiger partial charge is 0.410 e. The number of ether oxygens (including phenoxy) is 1. The SMILES string of the molecule is CN(C)C(=O)Oc1ccc(F)cc1C=C1SC(N2CCCCN2)=NC1=O. The van der Waals surface area contributed by atoms with Crippen molar-refractivity contribution in [2.75, 3.05) is 27.2 Å². The highest BCUT2D eigenvalue weighted by atomic mass is 32.2. The van der Waals surface area contributed by atoms with E-state index in [1.54, 1.807) is 14.1 Å². The third kappa shape index (κ3) is 4.23. The zero-order valence-electron chi connectivity index (χ0n) is 14.5. The van der Waals surface area contributed by atoms with E-state index in [2.05, 4.69) is 10.4 Å². The second-order valence-electron chi connectivity index (χ2n) is 6.02. The van der Waals surface area contributed by atoms with Gasteiger partial charge in [0, 0.05) is 32.7 Å². The number of aliphatic imine (C=N–C) groups is 1. The molecule has 0 bridgehead atoms. The third-order valence-electron chi connectivity index (χ3n) is 3.77. The number of carbonyl (C=O) groups excluding carboxylic acids is 2. The van der Waals surface area contributed by atoms with Crippen molar-refractivity contribution in [3.05, 3.63) is 34.5 Å². The van der Waals surface area contributed by atoms with Gasteiger partial charge >= 0.3 is 6.09 Å². The van der Waals surface area contributed by atoms with Crippen LogP contribution in [-0.4, -0.2) is 54.3 Å². The summed E-state index contributed by atoms with van der Waals surface area (Å²) >= 11 is 1.21. The van der Waals surface area contributed by atoms with E-state index in [0.29, 0.717) is 15.6 Å². The molecule has 0 aliphatic carbocycles. The van der Waals surface area contributed by atoms with Crippen LogP contribution in [0.15, 0.2) is 28.1 Å². The molecule has 1 aromatic carbocycles. The van der Waals surface area contributed by atoms with E-state index in [1.165, 1.54) is 40.9 Å². The second-order valence-corrected chi connectivity index (χ2v) is 7.03. The Morgan fingerprint density at radius 1 is 1.42 bits per heavy atom. The zero-order chi connectivity index (χ0) is 18.7. The number of nitrogens with zero attached hydrogens (tertiary/aromatic N) is 3. The van der Waals surface area contributed by atoms with Crippen LogP contribution in [0, 0.1) is 5.82 Å². The average Bonchev–Trinajstić information content (AvgIpc) is 2.98. The predicted molar refractivity (Wildman–Crippen MR) is 98.1 cm³/mol. The zero-order valence-corrected chi connectivity index (χ0v) is 15.3. The van der Waals surface area contributed by atoms with Gasteiger partial charge in [-0.25, -0.2) is 14.6 Å². The lowest BCUT2D eigenvalue weighted by molar-refractivity contribution is -0.113. The number of thioether (sulfide) groups is 1. The molecule has 0 aromatic heterocycles. The van der Waals surface area contributed by atoms with Gasteiger partial charge in [0.25, 0.3) is 5.91 Å². The molecular weight excluding hydrogens is 359 g/mol. The Bertz CT molecular complexity index is 788. The molecule has 2 heterocycles. The van der Waals surface area contributed by atoms with E-state index in [-0.39, 0.29) is 5.75 Å². The molecule has 0 atom stereocenters. The summed E-state index contributed by atoms with van der Waals surface area (Å²) in [6.45, 7) is 1.61. The van der Waals surface area contributed by atoms with Gasteiger partial charge in [-0.2, -0.15) is 4.99 Å². The lowest BCUT2D eigenvalue weighted by atomic mass is 10.2. The summed E-state index contributed by atoms with van der Waals surface area (Å²) in [6, 6.07) is 3.78. The summed E-state index contributed by atoms with van der Waals surface area (Å²) in [5.41, 5.74) is 3.50.